The minimum atomic E-state index is -0.593. The third-order valence-corrected chi connectivity index (χ3v) is 6.17. The summed E-state index contributed by atoms with van der Waals surface area (Å²) in [6, 6.07) is 9.01. The minimum absolute atomic E-state index is 0.0107. The number of rotatable bonds is 7. The first-order valence-electron chi connectivity index (χ1n) is 11.4. The Balaban J connectivity index is 1.48. The topological polar surface area (TPSA) is 132 Å². The second-order valence-corrected chi connectivity index (χ2v) is 8.60. The molecule has 34 heavy (non-hydrogen) atoms. The molecule has 0 unspecified atom stereocenters. The summed E-state index contributed by atoms with van der Waals surface area (Å²) >= 11 is 0. The quantitative estimate of drug-likeness (QED) is 0.417. The van der Waals surface area contributed by atoms with Crippen LogP contribution in [0.5, 0.6) is 11.5 Å². The van der Waals surface area contributed by atoms with Gasteiger partial charge >= 0.3 is 0 Å². The second-order valence-electron chi connectivity index (χ2n) is 8.60. The summed E-state index contributed by atoms with van der Waals surface area (Å²) in [6.07, 6.45) is 4.49. The van der Waals surface area contributed by atoms with E-state index in [0.717, 1.165) is 25.3 Å². The first kappa shape index (κ1) is 23.5. The Hall–Kier alpha value is -3.66. The molecular weight excluding hydrogens is 440 g/mol. The van der Waals surface area contributed by atoms with Crippen molar-refractivity contribution in [1.29, 1.82) is 0 Å². The lowest BCUT2D eigenvalue weighted by molar-refractivity contribution is -0.384. The summed E-state index contributed by atoms with van der Waals surface area (Å²) in [4.78, 5) is 36.3. The van der Waals surface area contributed by atoms with Crippen molar-refractivity contribution >= 4 is 28.9 Å². The highest BCUT2D eigenvalue weighted by atomic mass is 16.6. The fourth-order valence-corrected chi connectivity index (χ4v) is 4.30. The Kier molecular flexibility index (Phi) is 7.27. The van der Waals surface area contributed by atoms with E-state index in [1.54, 1.807) is 18.2 Å². The zero-order chi connectivity index (χ0) is 24.1. The third-order valence-electron chi connectivity index (χ3n) is 6.17. The number of hydrogen-bond donors (Lipinski definition) is 3. The lowest BCUT2D eigenvalue weighted by atomic mass is 9.86. The van der Waals surface area contributed by atoms with E-state index in [1.807, 2.05) is 0 Å². The summed E-state index contributed by atoms with van der Waals surface area (Å²) in [5.41, 5.74) is 0.373. The molecule has 0 radical (unpaired) electrons. The molecule has 4 rings (SSSR count). The fourth-order valence-electron chi connectivity index (χ4n) is 4.30. The van der Waals surface area contributed by atoms with Gasteiger partial charge < -0.3 is 25.4 Å². The number of anilines is 2. The lowest BCUT2D eigenvalue weighted by Gasteiger charge is -2.29. The van der Waals surface area contributed by atoms with Gasteiger partial charge in [0, 0.05) is 29.9 Å². The molecule has 10 nitrogen and oxygen atoms in total. The molecule has 2 atom stereocenters. The maximum Gasteiger partial charge on any atom is 0.270 e. The SMILES string of the molecule is C[C@@H]1CCCC[C@@H]1NCC(=O)Nc1ccc([N+](=O)[O-])cc1C(=O)Nc1ccc2c(c1)OCCO2. The summed E-state index contributed by atoms with van der Waals surface area (Å²) in [6.45, 7) is 3.11. The van der Waals surface area contributed by atoms with Gasteiger partial charge in [-0.15, -0.1) is 0 Å². The van der Waals surface area contributed by atoms with Gasteiger partial charge in [0.1, 0.15) is 13.2 Å². The van der Waals surface area contributed by atoms with Crippen molar-refractivity contribution in [3.8, 4) is 11.5 Å². The van der Waals surface area contributed by atoms with E-state index >= 15 is 0 Å². The maximum atomic E-state index is 13.0. The van der Waals surface area contributed by atoms with Crippen molar-refractivity contribution in [3.05, 3.63) is 52.1 Å². The molecule has 0 saturated heterocycles. The average Bonchev–Trinajstić information content (AvgIpc) is 2.83. The summed E-state index contributed by atoms with van der Waals surface area (Å²) < 4.78 is 11.0. The monoisotopic (exact) mass is 468 g/mol. The van der Waals surface area contributed by atoms with Crippen LogP contribution < -0.4 is 25.4 Å². The van der Waals surface area contributed by atoms with Crippen LogP contribution in [-0.4, -0.2) is 42.5 Å². The normalized spacial score (nSPS) is 19.2. The molecule has 2 aromatic carbocycles. The van der Waals surface area contributed by atoms with Gasteiger partial charge in [-0.05, 0) is 37.0 Å². The summed E-state index contributed by atoms with van der Waals surface area (Å²) in [5, 5.41) is 20.0. The van der Waals surface area contributed by atoms with Gasteiger partial charge in [-0.1, -0.05) is 19.8 Å². The largest absolute Gasteiger partial charge is 0.486 e. The van der Waals surface area contributed by atoms with E-state index in [4.69, 9.17) is 9.47 Å². The Labute approximate surface area is 197 Å². The molecule has 0 spiro atoms. The number of benzene rings is 2. The van der Waals surface area contributed by atoms with Crippen LogP contribution in [0.1, 0.15) is 43.0 Å². The van der Waals surface area contributed by atoms with Gasteiger partial charge in [0.05, 0.1) is 22.7 Å². The van der Waals surface area contributed by atoms with E-state index in [2.05, 4.69) is 22.9 Å². The molecule has 2 aromatic rings. The van der Waals surface area contributed by atoms with Crippen LogP contribution in [0.4, 0.5) is 17.1 Å². The molecule has 2 amide bonds. The van der Waals surface area contributed by atoms with E-state index in [-0.39, 0.29) is 35.4 Å². The van der Waals surface area contributed by atoms with Crippen LogP contribution in [0.3, 0.4) is 0 Å². The molecule has 3 N–H and O–H groups in total. The number of carbonyl (C=O) groups is 2. The van der Waals surface area contributed by atoms with Crippen LogP contribution in [0, 0.1) is 16.0 Å². The predicted octanol–water partition coefficient (Wildman–Crippen LogP) is 3.73. The van der Waals surface area contributed by atoms with Crippen LogP contribution in [0.2, 0.25) is 0 Å². The van der Waals surface area contributed by atoms with Crippen LogP contribution >= 0.6 is 0 Å². The fraction of sp³-hybridized carbons (Fsp3) is 0.417. The van der Waals surface area contributed by atoms with Crippen molar-refractivity contribution < 1.29 is 24.0 Å². The third kappa shape index (κ3) is 5.63. The van der Waals surface area contributed by atoms with Gasteiger partial charge in [-0.25, -0.2) is 0 Å². The van der Waals surface area contributed by atoms with Crippen molar-refractivity contribution in [1.82, 2.24) is 5.32 Å². The van der Waals surface area contributed by atoms with E-state index in [1.165, 1.54) is 18.6 Å². The molecular formula is C24H28N4O6. The zero-order valence-electron chi connectivity index (χ0n) is 19.0. The number of nitro benzene ring substituents is 1. The molecule has 1 aliphatic carbocycles. The lowest BCUT2D eigenvalue weighted by Crippen LogP contribution is -2.41. The standard InChI is InChI=1S/C24H28N4O6/c1-15-4-2-3-5-19(15)25-14-23(29)27-20-8-7-17(28(31)32)13-18(20)24(30)26-16-6-9-21-22(12-16)34-11-10-33-21/h6-9,12-13,15,19,25H,2-5,10-11,14H2,1H3,(H,26,30)(H,27,29)/t15-,19+/m1/s1. The maximum absolute atomic E-state index is 13.0. The summed E-state index contributed by atoms with van der Waals surface area (Å²) in [5.74, 6) is 0.657. The molecule has 1 saturated carbocycles. The van der Waals surface area contributed by atoms with Crippen LogP contribution in [0.25, 0.3) is 0 Å². The first-order chi connectivity index (χ1) is 16.4. The Morgan fingerprint density at radius 3 is 2.56 bits per heavy atom. The molecule has 1 fully saturated rings. The number of nitrogens with zero attached hydrogens (tertiary/aromatic N) is 1. The highest BCUT2D eigenvalue weighted by molar-refractivity contribution is 6.10. The van der Waals surface area contributed by atoms with E-state index in [9.17, 15) is 19.7 Å². The Morgan fingerprint density at radius 2 is 1.79 bits per heavy atom. The first-order valence-corrected chi connectivity index (χ1v) is 11.4. The smallest absolute Gasteiger partial charge is 0.270 e. The highest BCUT2D eigenvalue weighted by Crippen LogP contribution is 2.33. The molecule has 1 aliphatic heterocycles. The van der Waals surface area contributed by atoms with Gasteiger partial charge in [-0.2, -0.15) is 0 Å². The number of carbonyl (C=O) groups excluding carboxylic acids is 2. The Morgan fingerprint density at radius 1 is 1.03 bits per heavy atom. The molecule has 180 valence electrons. The van der Waals surface area contributed by atoms with Gasteiger partial charge in [0.2, 0.25) is 5.91 Å². The highest BCUT2D eigenvalue weighted by Gasteiger charge is 2.23. The zero-order valence-corrected chi connectivity index (χ0v) is 19.0. The average molecular weight is 469 g/mol. The van der Waals surface area contributed by atoms with Crippen molar-refractivity contribution in [2.45, 2.75) is 38.6 Å². The van der Waals surface area contributed by atoms with Gasteiger partial charge in [-0.3, -0.25) is 19.7 Å². The number of nitrogens with one attached hydrogen (secondary N) is 3. The number of ether oxygens (including phenoxy) is 2. The minimum Gasteiger partial charge on any atom is -0.486 e. The molecule has 10 heteroatoms. The van der Waals surface area contributed by atoms with Gasteiger partial charge in [0.25, 0.3) is 11.6 Å². The van der Waals surface area contributed by atoms with Crippen LogP contribution in [0.15, 0.2) is 36.4 Å². The molecule has 1 heterocycles. The number of nitro groups is 1. The van der Waals surface area contributed by atoms with E-state index in [0.29, 0.717) is 36.3 Å². The molecule has 0 aromatic heterocycles. The van der Waals surface area contributed by atoms with E-state index < -0.39 is 10.8 Å². The number of amides is 2. The van der Waals surface area contributed by atoms with Crippen molar-refractivity contribution in [2.75, 3.05) is 30.4 Å². The summed E-state index contributed by atoms with van der Waals surface area (Å²) in [7, 11) is 0. The Bertz CT molecular complexity index is 1090. The number of hydrogen-bond acceptors (Lipinski definition) is 7. The predicted molar refractivity (Wildman–Crippen MR) is 127 cm³/mol. The molecule has 0 bridgehead atoms. The molecule has 2 aliphatic rings. The second kappa shape index (κ2) is 10.5. The van der Waals surface area contributed by atoms with Crippen molar-refractivity contribution in [2.24, 2.45) is 5.92 Å². The van der Waals surface area contributed by atoms with Crippen molar-refractivity contribution in [3.63, 3.8) is 0 Å². The number of non-ortho nitro benzene ring substituents is 1. The van der Waals surface area contributed by atoms with Gasteiger partial charge in [0.15, 0.2) is 11.5 Å². The van der Waals surface area contributed by atoms with Crippen LogP contribution in [-0.2, 0) is 4.79 Å². The number of fused-ring (bicyclic) bond motifs is 1.